The third-order valence-corrected chi connectivity index (χ3v) is 3.11. The summed E-state index contributed by atoms with van der Waals surface area (Å²) >= 11 is 5.90. The Kier molecular flexibility index (Phi) is 4.51. The molecule has 1 aromatic carbocycles. The van der Waals surface area contributed by atoms with Crippen molar-refractivity contribution in [2.45, 2.75) is 26.3 Å². The first-order chi connectivity index (χ1) is 7.11. The van der Waals surface area contributed by atoms with Crippen LogP contribution in [-0.2, 0) is 0 Å². The highest BCUT2D eigenvalue weighted by molar-refractivity contribution is 6.31. The van der Waals surface area contributed by atoms with Crippen LogP contribution in [0.15, 0.2) is 18.2 Å². The Morgan fingerprint density at radius 3 is 2.73 bits per heavy atom. The number of benzene rings is 1. The van der Waals surface area contributed by atoms with E-state index < -0.39 is 5.82 Å². The maximum absolute atomic E-state index is 13.2. The fraction of sp³-hybridized carbons (Fsp3) is 0.455. The Balaban J connectivity index is 3.07. The monoisotopic (exact) mass is 230 g/mol. The van der Waals surface area contributed by atoms with Crippen LogP contribution in [0.5, 0.6) is 0 Å². The molecule has 0 spiro atoms. The van der Waals surface area contributed by atoms with Gasteiger partial charge in [0.1, 0.15) is 5.82 Å². The molecule has 0 heterocycles. The normalized spacial score (nSPS) is 15.0. The van der Waals surface area contributed by atoms with Crippen LogP contribution in [-0.4, -0.2) is 0 Å². The van der Waals surface area contributed by atoms with Gasteiger partial charge in [0, 0.05) is 0 Å². The molecule has 3 N–H and O–H groups in total. The average molecular weight is 231 g/mol. The van der Waals surface area contributed by atoms with Gasteiger partial charge in [0.05, 0.1) is 11.1 Å². The van der Waals surface area contributed by atoms with Gasteiger partial charge in [-0.15, -0.1) is 0 Å². The molecule has 0 aliphatic rings. The van der Waals surface area contributed by atoms with Crippen molar-refractivity contribution in [1.82, 2.24) is 5.43 Å². The number of hydrazine groups is 1. The van der Waals surface area contributed by atoms with Gasteiger partial charge >= 0.3 is 0 Å². The Morgan fingerprint density at radius 2 is 2.20 bits per heavy atom. The Bertz CT molecular complexity index is 330. The maximum Gasteiger partial charge on any atom is 0.142 e. The number of nitrogens with two attached hydrogens (primary N) is 1. The van der Waals surface area contributed by atoms with Crippen LogP contribution in [0.3, 0.4) is 0 Å². The molecule has 4 heteroatoms. The van der Waals surface area contributed by atoms with E-state index >= 15 is 0 Å². The molecular weight excluding hydrogens is 215 g/mol. The van der Waals surface area contributed by atoms with E-state index in [1.807, 2.05) is 6.92 Å². The molecule has 1 rings (SSSR count). The lowest BCUT2D eigenvalue weighted by atomic mass is 9.93. The van der Waals surface area contributed by atoms with Crippen LogP contribution in [0.2, 0.25) is 5.02 Å². The summed E-state index contributed by atoms with van der Waals surface area (Å²) in [6, 6.07) is 4.67. The first kappa shape index (κ1) is 12.4. The van der Waals surface area contributed by atoms with Crippen LogP contribution in [0.1, 0.15) is 31.9 Å². The van der Waals surface area contributed by atoms with Crippen LogP contribution in [0, 0.1) is 11.7 Å². The van der Waals surface area contributed by atoms with Crippen molar-refractivity contribution in [2.75, 3.05) is 0 Å². The third kappa shape index (κ3) is 2.68. The summed E-state index contributed by atoms with van der Waals surface area (Å²) in [6.45, 7) is 4.11. The largest absolute Gasteiger partial charge is 0.271 e. The van der Waals surface area contributed by atoms with Crippen molar-refractivity contribution in [1.29, 1.82) is 0 Å². The Labute approximate surface area is 94.6 Å². The highest BCUT2D eigenvalue weighted by Crippen LogP contribution is 2.30. The molecule has 0 amide bonds. The van der Waals surface area contributed by atoms with E-state index in [2.05, 4.69) is 12.3 Å². The van der Waals surface area contributed by atoms with Gasteiger partial charge in [0.25, 0.3) is 0 Å². The van der Waals surface area contributed by atoms with E-state index in [0.29, 0.717) is 11.5 Å². The highest BCUT2D eigenvalue weighted by Gasteiger charge is 2.20. The Hall–Kier alpha value is -0.640. The van der Waals surface area contributed by atoms with Gasteiger partial charge in [0.15, 0.2) is 0 Å². The minimum atomic E-state index is -0.405. The molecule has 15 heavy (non-hydrogen) atoms. The number of hydrogen-bond donors (Lipinski definition) is 2. The SMILES string of the molecule is CCC(C)C(NN)c1cccc(F)c1Cl. The fourth-order valence-corrected chi connectivity index (χ4v) is 1.80. The molecule has 0 radical (unpaired) electrons. The number of rotatable bonds is 4. The standard InChI is InChI=1S/C11H16ClFN2/c1-3-7(2)11(15-14)8-5-4-6-9(13)10(8)12/h4-7,11,15H,3,14H2,1-2H3. The summed E-state index contributed by atoms with van der Waals surface area (Å²) in [4.78, 5) is 0. The van der Waals surface area contributed by atoms with Gasteiger partial charge in [-0.05, 0) is 17.5 Å². The first-order valence-corrected chi connectivity index (χ1v) is 5.39. The highest BCUT2D eigenvalue weighted by atomic mass is 35.5. The summed E-state index contributed by atoms with van der Waals surface area (Å²) in [6.07, 6.45) is 0.946. The summed E-state index contributed by atoms with van der Waals surface area (Å²) in [7, 11) is 0. The first-order valence-electron chi connectivity index (χ1n) is 5.01. The van der Waals surface area contributed by atoms with Crippen LogP contribution in [0.25, 0.3) is 0 Å². The second-order valence-electron chi connectivity index (χ2n) is 3.67. The molecule has 0 aliphatic carbocycles. The van der Waals surface area contributed by atoms with E-state index in [9.17, 15) is 4.39 Å². The fourth-order valence-electron chi connectivity index (χ4n) is 1.56. The van der Waals surface area contributed by atoms with Crippen molar-refractivity contribution in [2.24, 2.45) is 11.8 Å². The van der Waals surface area contributed by atoms with Crippen molar-refractivity contribution in [3.05, 3.63) is 34.6 Å². The van der Waals surface area contributed by atoms with Gasteiger partial charge in [-0.2, -0.15) is 0 Å². The number of nitrogens with one attached hydrogen (secondary N) is 1. The summed E-state index contributed by atoms with van der Waals surface area (Å²) in [5, 5.41) is 0.153. The van der Waals surface area contributed by atoms with Crippen LogP contribution >= 0.6 is 11.6 Å². The van der Waals surface area contributed by atoms with Crippen LogP contribution in [0.4, 0.5) is 4.39 Å². The molecule has 0 aliphatic heterocycles. The maximum atomic E-state index is 13.2. The van der Waals surface area contributed by atoms with E-state index in [1.54, 1.807) is 12.1 Å². The predicted octanol–water partition coefficient (Wildman–Crippen LogP) is 3.03. The molecular formula is C11H16ClFN2. The second-order valence-corrected chi connectivity index (χ2v) is 4.05. The van der Waals surface area contributed by atoms with Crippen molar-refractivity contribution in [3.8, 4) is 0 Å². The predicted molar refractivity (Wildman–Crippen MR) is 60.9 cm³/mol. The van der Waals surface area contributed by atoms with E-state index in [4.69, 9.17) is 17.4 Å². The molecule has 1 aromatic rings. The zero-order valence-electron chi connectivity index (χ0n) is 8.93. The van der Waals surface area contributed by atoms with Gasteiger partial charge in [-0.3, -0.25) is 11.3 Å². The lowest BCUT2D eigenvalue weighted by Gasteiger charge is -2.23. The minimum Gasteiger partial charge on any atom is -0.271 e. The molecule has 2 nitrogen and oxygen atoms in total. The van der Waals surface area contributed by atoms with E-state index in [1.165, 1.54) is 6.07 Å². The molecule has 0 saturated carbocycles. The van der Waals surface area contributed by atoms with Crippen molar-refractivity contribution >= 4 is 11.6 Å². The quantitative estimate of drug-likeness (QED) is 0.617. The molecule has 0 bridgehead atoms. The average Bonchev–Trinajstić information content (AvgIpc) is 2.24. The summed E-state index contributed by atoms with van der Waals surface area (Å²) in [5.74, 6) is 5.36. The molecule has 2 atom stereocenters. The van der Waals surface area contributed by atoms with Crippen LogP contribution < -0.4 is 11.3 Å². The molecule has 84 valence electrons. The molecule has 0 fully saturated rings. The van der Waals surface area contributed by atoms with Gasteiger partial charge < -0.3 is 0 Å². The summed E-state index contributed by atoms with van der Waals surface area (Å²) in [5.41, 5.74) is 3.40. The second kappa shape index (κ2) is 5.45. The smallest absolute Gasteiger partial charge is 0.142 e. The lowest BCUT2D eigenvalue weighted by molar-refractivity contribution is 0.382. The molecule has 2 unspecified atom stereocenters. The Morgan fingerprint density at radius 1 is 1.53 bits per heavy atom. The van der Waals surface area contributed by atoms with Gasteiger partial charge in [-0.25, -0.2) is 4.39 Å². The minimum absolute atomic E-state index is 0.113. The van der Waals surface area contributed by atoms with Crippen molar-refractivity contribution in [3.63, 3.8) is 0 Å². The van der Waals surface area contributed by atoms with Gasteiger partial charge in [-0.1, -0.05) is 44.0 Å². The van der Waals surface area contributed by atoms with Crippen molar-refractivity contribution < 1.29 is 4.39 Å². The summed E-state index contributed by atoms with van der Waals surface area (Å²) < 4.78 is 13.2. The lowest BCUT2D eigenvalue weighted by Crippen LogP contribution is -2.32. The topological polar surface area (TPSA) is 38.0 Å². The van der Waals surface area contributed by atoms with E-state index in [0.717, 1.165) is 6.42 Å². The number of halogens is 2. The molecule has 0 saturated heterocycles. The van der Waals surface area contributed by atoms with E-state index in [-0.39, 0.29) is 11.1 Å². The zero-order chi connectivity index (χ0) is 11.4. The van der Waals surface area contributed by atoms with Gasteiger partial charge in [0.2, 0.25) is 0 Å². The third-order valence-electron chi connectivity index (χ3n) is 2.71. The zero-order valence-corrected chi connectivity index (χ0v) is 9.68. The number of hydrogen-bond acceptors (Lipinski definition) is 2. The molecule has 0 aromatic heterocycles.